The molecule has 0 aliphatic carbocycles. The van der Waals surface area contributed by atoms with Crippen molar-refractivity contribution in [3.8, 4) is 33.8 Å². The van der Waals surface area contributed by atoms with E-state index < -0.39 is 0 Å². The van der Waals surface area contributed by atoms with E-state index in [1.807, 2.05) is 55.0 Å². The van der Waals surface area contributed by atoms with Crippen LogP contribution in [0.1, 0.15) is 0 Å². The molecule has 0 saturated heterocycles. The number of anilines is 3. The first-order chi connectivity index (χ1) is 27.7. The molecule has 11 aromatic rings. The Kier molecular flexibility index (Phi) is 7.35. The van der Waals surface area contributed by atoms with Crippen LogP contribution >= 0.6 is 0 Å². The molecule has 7 heteroatoms. The van der Waals surface area contributed by atoms with Crippen LogP contribution in [0.15, 0.2) is 187 Å². The Morgan fingerprint density at radius 2 is 1.00 bits per heavy atom. The summed E-state index contributed by atoms with van der Waals surface area (Å²) < 4.78 is 6.33. The van der Waals surface area contributed by atoms with Crippen LogP contribution in [-0.2, 0) is 0 Å². The Bertz CT molecular complexity index is 3140. The molecule has 0 radical (unpaired) electrons. The van der Waals surface area contributed by atoms with E-state index in [-0.39, 0.29) is 0 Å². The Balaban J connectivity index is 0.987. The smallest absolute Gasteiger partial charge is 0.161 e. The fourth-order valence-electron chi connectivity index (χ4n) is 7.64. The predicted molar refractivity (Wildman–Crippen MR) is 226 cm³/mol. The number of benzene rings is 5. The number of hydrogen-bond acceptors (Lipinski definition) is 7. The quantitative estimate of drug-likeness (QED) is 0.169. The maximum Gasteiger partial charge on any atom is 0.161 e. The van der Waals surface area contributed by atoms with Gasteiger partial charge in [-0.3, -0.25) is 15.0 Å². The SMILES string of the molecule is c1ccc2c(c1)oc1c(-c3ccc4cc(N(c5ccc(-c6ccc7cnccc7n6)cc5)c5ccc(-c6ccc7cnccc7n6)cc5)ccc4c3)nccc12. The third kappa shape index (κ3) is 5.49. The molecular weight excluding hydrogens is 689 g/mol. The Morgan fingerprint density at radius 3 is 1.68 bits per heavy atom. The molecule has 56 heavy (non-hydrogen) atoms. The molecule has 262 valence electrons. The predicted octanol–water partition coefficient (Wildman–Crippen LogP) is 12.5. The van der Waals surface area contributed by atoms with Gasteiger partial charge >= 0.3 is 0 Å². The summed E-state index contributed by atoms with van der Waals surface area (Å²) in [5.41, 5.74) is 12.4. The van der Waals surface area contributed by atoms with Gasteiger partial charge in [-0.05, 0) is 102 Å². The second-order valence-electron chi connectivity index (χ2n) is 13.8. The number of aromatic nitrogens is 5. The topological polar surface area (TPSA) is 80.8 Å². The van der Waals surface area contributed by atoms with Gasteiger partial charge in [0, 0.05) is 86.3 Å². The Labute approximate surface area is 321 Å². The van der Waals surface area contributed by atoms with Gasteiger partial charge in [-0.2, -0.15) is 0 Å². The Morgan fingerprint density at radius 1 is 0.429 bits per heavy atom. The summed E-state index contributed by atoms with van der Waals surface area (Å²) in [6, 6.07) is 52.6. The maximum atomic E-state index is 6.33. The van der Waals surface area contributed by atoms with Gasteiger partial charge < -0.3 is 9.32 Å². The fraction of sp³-hybridized carbons (Fsp3) is 0. The lowest BCUT2D eigenvalue weighted by molar-refractivity contribution is 0.668. The molecule has 0 amide bonds. The molecule has 0 unspecified atom stereocenters. The molecular formula is C49H30N6O. The second-order valence-corrected chi connectivity index (χ2v) is 13.8. The molecule has 7 nitrogen and oxygen atoms in total. The zero-order valence-electron chi connectivity index (χ0n) is 29.9. The van der Waals surface area contributed by atoms with Crippen molar-refractivity contribution < 1.29 is 4.42 Å². The van der Waals surface area contributed by atoms with Crippen LogP contribution in [-0.4, -0.2) is 24.9 Å². The third-order valence-corrected chi connectivity index (χ3v) is 10.5. The largest absolute Gasteiger partial charge is 0.454 e. The van der Waals surface area contributed by atoms with Gasteiger partial charge in [-0.1, -0.05) is 60.7 Å². The monoisotopic (exact) mass is 718 g/mol. The van der Waals surface area contributed by atoms with Gasteiger partial charge in [0.1, 0.15) is 11.3 Å². The van der Waals surface area contributed by atoms with Crippen molar-refractivity contribution in [1.82, 2.24) is 24.9 Å². The highest BCUT2D eigenvalue weighted by atomic mass is 16.3. The number of pyridine rings is 5. The van der Waals surface area contributed by atoms with Crippen molar-refractivity contribution in [1.29, 1.82) is 0 Å². The zero-order chi connectivity index (χ0) is 37.0. The van der Waals surface area contributed by atoms with Gasteiger partial charge in [0.05, 0.1) is 22.4 Å². The van der Waals surface area contributed by atoms with E-state index in [2.05, 4.69) is 130 Å². The lowest BCUT2D eigenvalue weighted by Crippen LogP contribution is -2.10. The van der Waals surface area contributed by atoms with E-state index >= 15 is 0 Å². The fourth-order valence-corrected chi connectivity index (χ4v) is 7.64. The molecule has 6 aromatic heterocycles. The normalized spacial score (nSPS) is 11.6. The van der Waals surface area contributed by atoms with Gasteiger partial charge in [-0.15, -0.1) is 0 Å². The number of hydrogen-bond donors (Lipinski definition) is 0. The molecule has 0 spiro atoms. The molecule has 0 aliphatic rings. The number of fused-ring (bicyclic) bond motifs is 6. The van der Waals surface area contributed by atoms with Crippen molar-refractivity contribution in [3.63, 3.8) is 0 Å². The summed E-state index contributed by atoms with van der Waals surface area (Å²) >= 11 is 0. The second kappa shape index (κ2) is 13.0. The summed E-state index contributed by atoms with van der Waals surface area (Å²) in [6.07, 6.45) is 9.10. The van der Waals surface area contributed by atoms with Crippen molar-refractivity contribution in [2.45, 2.75) is 0 Å². The van der Waals surface area contributed by atoms with Crippen LogP contribution in [0.3, 0.4) is 0 Å². The summed E-state index contributed by atoms with van der Waals surface area (Å²) in [7, 11) is 0. The number of nitrogens with zero attached hydrogens (tertiary/aromatic N) is 6. The van der Waals surface area contributed by atoms with Crippen molar-refractivity contribution >= 4 is 71.6 Å². The first-order valence-electron chi connectivity index (χ1n) is 18.4. The van der Waals surface area contributed by atoms with E-state index in [0.29, 0.717) is 0 Å². The average Bonchev–Trinajstić information content (AvgIpc) is 3.66. The number of para-hydroxylation sites is 1. The highest BCUT2D eigenvalue weighted by Gasteiger charge is 2.17. The number of furan rings is 1. The molecule has 0 N–H and O–H groups in total. The minimum atomic E-state index is 0.800. The van der Waals surface area contributed by atoms with Crippen LogP contribution in [0.2, 0.25) is 0 Å². The summed E-state index contributed by atoms with van der Waals surface area (Å²) in [5.74, 6) is 0. The van der Waals surface area contributed by atoms with E-state index in [1.54, 1.807) is 12.4 Å². The molecule has 5 aromatic carbocycles. The number of rotatable bonds is 6. The minimum absolute atomic E-state index is 0.800. The summed E-state index contributed by atoms with van der Waals surface area (Å²) in [4.78, 5) is 25.4. The van der Waals surface area contributed by atoms with Gasteiger partial charge in [0.2, 0.25) is 0 Å². The van der Waals surface area contributed by atoms with Gasteiger partial charge in [0.25, 0.3) is 0 Å². The molecule has 0 aliphatic heterocycles. The summed E-state index contributed by atoms with van der Waals surface area (Å²) in [5, 5.41) is 6.42. The van der Waals surface area contributed by atoms with Crippen molar-refractivity contribution in [3.05, 3.63) is 183 Å². The first kappa shape index (κ1) is 31.7. The van der Waals surface area contributed by atoms with Crippen LogP contribution in [0, 0.1) is 0 Å². The molecule has 0 atom stereocenters. The molecule has 11 rings (SSSR count). The first-order valence-corrected chi connectivity index (χ1v) is 18.4. The molecule has 0 saturated carbocycles. The highest BCUT2D eigenvalue weighted by molar-refractivity contribution is 6.09. The zero-order valence-corrected chi connectivity index (χ0v) is 29.9. The lowest BCUT2D eigenvalue weighted by Gasteiger charge is -2.26. The van der Waals surface area contributed by atoms with Crippen LogP contribution < -0.4 is 4.90 Å². The van der Waals surface area contributed by atoms with Crippen molar-refractivity contribution in [2.75, 3.05) is 4.90 Å². The minimum Gasteiger partial charge on any atom is -0.454 e. The highest BCUT2D eigenvalue weighted by Crippen LogP contribution is 2.40. The van der Waals surface area contributed by atoms with Crippen LogP contribution in [0.4, 0.5) is 17.1 Å². The maximum absolute atomic E-state index is 6.33. The van der Waals surface area contributed by atoms with E-state index in [1.165, 1.54) is 0 Å². The molecule has 0 bridgehead atoms. The standard InChI is InChI=1S/C49H30N6O/c1-2-4-47-41(3-1)42-21-26-52-48(49(42)56-47)35-6-5-34-28-40(18-11-33(34)27-35)55(38-14-7-31(8-15-38)43-19-12-36-29-50-24-22-45(36)53-43)39-16-9-32(10-17-39)44-20-13-37-30-51-25-23-46(37)54-44/h1-30H. The summed E-state index contributed by atoms with van der Waals surface area (Å²) in [6.45, 7) is 0. The third-order valence-electron chi connectivity index (χ3n) is 10.5. The average molecular weight is 719 g/mol. The molecule has 6 heterocycles. The lowest BCUT2D eigenvalue weighted by atomic mass is 10.0. The molecule has 0 fully saturated rings. The van der Waals surface area contributed by atoms with E-state index in [0.717, 1.165) is 105 Å². The van der Waals surface area contributed by atoms with E-state index in [4.69, 9.17) is 19.4 Å². The van der Waals surface area contributed by atoms with Gasteiger partial charge in [0.15, 0.2) is 5.58 Å². The van der Waals surface area contributed by atoms with Crippen LogP contribution in [0.5, 0.6) is 0 Å². The van der Waals surface area contributed by atoms with Crippen LogP contribution in [0.25, 0.3) is 88.3 Å². The van der Waals surface area contributed by atoms with Crippen molar-refractivity contribution in [2.24, 2.45) is 0 Å². The Hall–Kier alpha value is -7.77. The van der Waals surface area contributed by atoms with E-state index in [9.17, 15) is 0 Å². The van der Waals surface area contributed by atoms with Gasteiger partial charge in [-0.25, -0.2) is 9.97 Å².